The first-order valence-corrected chi connectivity index (χ1v) is 7.79. The summed E-state index contributed by atoms with van der Waals surface area (Å²) in [6.45, 7) is 1.70. The maximum absolute atomic E-state index is 12.8. The van der Waals surface area contributed by atoms with Crippen LogP contribution in [0.25, 0.3) is 0 Å². The summed E-state index contributed by atoms with van der Waals surface area (Å²) >= 11 is 1.44. The highest BCUT2D eigenvalue weighted by atomic mass is 32.2. The summed E-state index contributed by atoms with van der Waals surface area (Å²) < 4.78 is 12.8. The molecule has 2 aliphatic heterocycles. The largest absolute Gasteiger partial charge is 0.368 e. The van der Waals surface area contributed by atoms with Crippen molar-refractivity contribution < 1.29 is 9.18 Å². The average Bonchev–Trinajstić information content (AvgIpc) is 3.18. The molecule has 1 amide bonds. The molecule has 3 nitrogen and oxygen atoms in total. The summed E-state index contributed by atoms with van der Waals surface area (Å²) in [5, 5.41) is 2.97. The number of rotatable bonds is 1. The van der Waals surface area contributed by atoms with Crippen molar-refractivity contribution in [3.63, 3.8) is 0 Å². The quantitative estimate of drug-likeness (QED) is 0.808. The predicted octanol–water partition coefficient (Wildman–Crippen LogP) is 2.30. The zero-order chi connectivity index (χ0) is 14.7. The number of likely N-dealkylation sites (tertiary alicyclic amines) is 1. The topological polar surface area (TPSA) is 32.3 Å². The molecule has 5 heteroatoms. The molecule has 1 fully saturated rings. The van der Waals surface area contributed by atoms with E-state index in [1.54, 1.807) is 18.3 Å². The van der Waals surface area contributed by atoms with Crippen molar-refractivity contribution in [3.05, 3.63) is 46.8 Å². The van der Waals surface area contributed by atoms with Gasteiger partial charge in [0.05, 0.1) is 4.91 Å². The molecule has 1 aromatic carbocycles. The van der Waals surface area contributed by atoms with E-state index in [4.69, 9.17) is 0 Å². The smallest absolute Gasteiger partial charge is 0.261 e. The molecule has 108 valence electrons. The maximum atomic E-state index is 12.8. The predicted molar refractivity (Wildman–Crippen MR) is 81.7 cm³/mol. The molecule has 1 N–H and O–H groups in total. The number of carbonyl (C=O) groups is 1. The van der Waals surface area contributed by atoms with Gasteiger partial charge in [-0.1, -0.05) is 23.6 Å². The van der Waals surface area contributed by atoms with Gasteiger partial charge in [0.2, 0.25) is 0 Å². The number of amides is 1. The van der Waals surface area contributed by atoms with Gasteiger partial charge in [0.25, 0.3) is 5.91 Å². The van der Waals surface area contributed by atoms with Gasteiger partial charge in [0, 0.05) is 24.9 Å². The van der Waals surface area contributed by atoms with Gasteiger partial charge in [0.15, 0.2) is 0 Å². The standard InChI is InChI=1S/C16H15FN2OS/c17-13-6-3-12(4-7-13)5-8-15-18-11-14(21-15)16(20)19-9-1-2-10-19/h3-4,6-7,11,15,18H,1-2,9-10H2. The highest BCUT2D eigenvalue weighted by Gasteiger charge is 2.26. The molecule has 1 atom stereocenters. The van der Waals surface area contributed by atoms with Gasteiger partial charge < -0.3 is 10.2 Å². The van der Waals surface area contributed by atoms with Crippen LogP contribution in [0, 0.1) is 17.7 Å². The lowest BCUT2D eigenvalue weighted by Crippen LogP contribution is -2.27. The number of halogens is 1. The van der Waals surface area contributed by atoms with Crippen LogP contribution < -0.4 is 5.32 Å². The molecule has 0 radical (unpaired) electrons. The van der Waals surface area contributed by atoms with Crippen LogP contribution in [0.3, 0.4) is 0 Å². The lowest BCUT2D eigenvalue weighted by molar-refractivity contribution is -0.125. The molecule has 21 heavy (non-hydrogen) atoms. The third-order valence-electron chi connectivity index (χ3n) is 3.41. The van der Waals surface area contributed by atoms with Gasteiger partial charge in [-0.3, -0.25) is 4.79 Å². The number of hydrogen-bond acceptors (Lipinski definition) is 3. The van der Waals surface area contributed by atoms with E-state index in [-0.39, 0.29) is 17.1 Å². The van der Waals surface area contributed by atoms with Gasteiger partial charge in [-0.15, -0.1) is 0 Å². The minimum Gasteiger partial charge on any atom is -0.368 e. The van der Waals surface area contributed by atoms with E-state index < -0.39 is 0 Å². The SMILES string of the molecule is O=C(C1=CNC(C#Cc2ccc(F)cc2)S1)N1CCCC1. The van der Waals surface area contributed by atoms with Gasteiger partial charge in [-0.25, -0.2) is 4.39 Å². The number of carbonyl (C=O) groups excluding carboxylic acids is 1. The van der Waals surface area contributed by atoms with Crippen LogP contribution in [0.1, 0.15) is 18.4 Å². The van der Waals surface area contributed by atoms with Crippen molar-refractivity contribution in [2.75, 3.05) is 13.1 Å². The highest BCUT2D eigenvalue weighted by Crippen LogP contribution is 2.28. The minimum absolute atomic E-state index is 0.0936. The van der Waals surface area contributed by atoms with E-state index in [0.29, 0.717) is 0 Å². The molecular formula is C16H15FN2OS. The zero-order valence-electron chi connectivity index (χ0n) is 11.4. The van der Waals surface area contributed by atoms with Crippen LogP contribution in [0.2, 0.25) is 0 Å². The molecule has 1 saturated heterocycles. The third-order valence-corrected chi connectivity index (χ3v) is 4.44. The summed E-state index contributed by atoms with van der Waals surface area (Å²) in [5.74, 6) is 5.86. The summed E-state index contributed by atoms with van der Waals surface area (Å²) in [6.07, 6.45) is 3.92. The van der Waals surface area contributed by atoms with Gasteiger partial charge in [0.1, 0.15) is 11.2 Å². The van der Waals surface area contributed by atoms with E-state index in [0.717, 1.165) is 36.4 Å². The van der Waals surface area contributed by atoms with Crippen molar-refractivity contribution in [2.24, 2.45) is 0 Å². The Bertz CT molecular complexity index is 624. The van der Waals surface area contributed by atoms with Gasteiger partial charge in [-0.2, -0.15) is 0 Å². The van der Waals surface area contributed by atoms with Crippen LogP contribution in [-0.4, -0.2) is 29.3 Å². The fourth-order valence-corrected chi connectivity index (χ4v) is 3.16. The van der Waals surface area contributed by atoms with Crippen LogP contribution >= 0.6 is 11.8 Å². The van der Waals surface area contributed by atoms with E-state index >= 15 is 0 Å². The first-order chi connectivity index (χ1) is 10.2. The molecule has 0 saturated carbocycles. The van der Waals surface area contributed by atoms with Crippen molar-refractivity contribution in [3.8, 4) is 11.8 Å². The van der Waals surface area contributed by atoms with Crippen molar-refractivity contribution in [1.82, 2.24) is 10.2 Å². The maximum Gasteiger partial charge on any atom is 0.261 e. The number of nitrogens with one attached hydrogen (secondary N) is 1. The van der Waals surface area contributed by atoms with Crippen molar-refractivity contribution in [1.29, 1.82) is 0 Å². The van der Waals surface area contributed by atoms with Crippen molar-refractivity contribution >= 4 is 17.7 Å². The fraction of sp³-hybridized carbons (Fsp3) is 0.312. The van der Waals surface area contributed by atoms with Crippen molar-refractivity contribution in [2.45, 2.75) is 18.2 Å². The fourth-order valence-electron chi connectivity index (χ4n) is 2.29. The van der Waals surface area contributed by atoms with Gasteiger partial charge >= 0.3 is 0 Å². The molecule has 1 aromatic rings. The Morgan fingerprint density at radius 3 is 2.71 bits per heavy atom. The number of hydrogen-bond donors (Lipinski definition) is 1. The van der Waals surface area contributed by atoms with Gasteiger partial charge in [-0.05, 0) is 37.1 Å². The Hall–Kier alpha value is -1.93. The normalized spacial score (nSPS) is 20.5. The Balaban J connectivity index is 1.59. The molecule has 2 aliphatic rings. The lowest BCUT2D eigenvalue weighted by Gasteiger charge is -2.14. The molecular weight excluding hydrogens is 287 g/mol. The number of nitrogens with zero attached hydrogens (tertiary/aromatic N) is 1. The molecule has 2 heterocycles. The summed E-state index contributed by atoms with van der Waals surface area (Å²) in [7, 11) is 0. The van der Waals surface area contributed by atoms with Crippen LogP contribution in [0.15, 0.2) is 35.4 Å². The average molecular weight is 302 g/mol. The summed E-state index contributed by atoms with van der Waals surface area (Å²) in [6, 6.07) is 6.07. The number of thioether (sulfide) groups is 1. The minimum atomic E-state index is -0.269. The molecule has 3 rings (SSSR count). The Morgan fingerprint density at radius 2 is 2.00 bits per heavy atom. The Morgan fingerprint density at radius 1 is 1.29 bits per heavy atom. The van der Waals surface area contributed by atoms with Crippen LogP contribution in [-0.2, 0) is 4.79 Å². The molecule has 0 spiro atoms. The van der Waals surface area contributed by atoms with E-state index in [1.165, 1.54) is 23.9 Å². The van der Waals surface area contributed by atoms with E-state index in [1.807, 2.05) is 4.90 Å². The first-order valence-electron chi connectivity index (χ1n) is 6.92. The summed E-state index contributed by atoms with van der Waals surface area (Å²) in [4.78, 5) is 14.8. The number of benzene rings is 1. The molecule has 0 aliphatic carbocycles. The van der Waals surface area contributed by atoms with E-state index in [9.17, 15) is 9.18 Å². The highest BCUT2D eigenvalue weighted by molar-refractivity contribution is 8.05. The second-order valence-corrected chi connectivity index (χ2v) is 6.10. The second kappa shape index (κ2) is 6.23. The van der Waals surface area contributed by atoms with Crippen LogP contribution in [0.5, 0.6) is 0 Å². The van der Waals surface area contributed by atoms with E-state index in [2.05, 4.69) is 17.2 Å². The summed E-state index contributed by atoms with van der Waals surface area (Å²) in [5.41, 5.74) is 0.762. The zero-order valence-corrected chi connectivity index (χ0v) is 12.3. The Kier molecular flexibility index (Phi) is 4.16. The molecule has 0 bridgehead atoms. The second-order valence-electron chi connectivity index (χ2n) is 4.95. The monoisotopic (exact) mass is 302 g/mol. The first kappa shape index (κ1) is 14.0. The lowest BCUT2D eigenvalue weighted by atomic mass is 10.2. The van der Waals surface area contributed by atoms with Crippen LogP contribution in [0.4, 0.5) is 4.39 Å². The molecule has 0 aromatic heterocycles. The Labute approximate surface area is 127 Å². The molecule has 1 unspecified atom stereocenters. The third kappa shape index (κ3) is 3.40.